The minimum atomic E-state index is -0.736. The number of phenols is 1. The van der Waals surface area contributed by atoms with Crippen LogP contribution < -0.4 is 4.90 Å². The van der Waals surface area contributed by atoms with E-state index in [2.05, 4.69) is 29.0 Å². The number of hydrogen-bond donors (Lipinski definition) is 1. The Kier molecular flexibility index (Phi) is 12.1. The maximum absolute atomic E-state index is 11.2. The van der Waals surface area contributed by atoms with Crippen LogP contribution in [0, 0.1) is 20.2 Å². The van der Waals surface area contributed by atoms with Gasteiger partial charge in [-0.15, -0.1) is 10.2 Å². The van der Waals surface area contributed by atoms with E-state index < -0.39 is 20.5 Å². The van der Waals surface area contributed by atoms with E-state index in [1.165, 1.54) is 51.4 Å². The first kappa shape index (κ1) is 28.2. The third-order valence-corrected chi connectivity index (χ3v) is 6.65. The van der Waals surface area contributed by atoms with Gasteiger partial charge in [-0.1, -0.05) is 65.2 Å². The standard InChI is InChI=1S/C24H35N5O5S/c1-3-5-7-9-11-15-27(16-12-10-8-6-4-2)19-13-14-20(22(30)17-19)25-26-24-21(28(31)32)18-23(35-24)29(33)34/h13-14,17-18,30H,3-12,15-16H2,1-2H3. The lowest BCUT2D eigenvalue weighted by molar-refractivity contribution is -0.389. The van der Waals surface area contributed by atoms with E-state index in [-0.39, 0.29) is 16.4 Å². The monoisotopic (exact) mass is 505 g/mol. The number of phenolic OH excluding ortho intramolecular Hbond substituents is 1. The topological polar surface area (TPSA) is 134 Å². The molecule has 11 heteroatoms. The third-order valence-electron chi connectivity index (χ3n) is 5.69. The highest BCUT2D eigenvalue weighted by atomic mass is 32.1. The highest BCUT2D eigenvalue weighted by Crippen LogP contribution is 2.42. The molecule has 2 aromatic rings. The van der Waals surface area contributed by atoms with E-state index >= 15 is 0 Å². The van der Waals surface area contributed by atoms with Crippen molar-refractivity contribution in [1.82, 2.24) is 0 Å². The van der Waals surface area contributed by atoms with Gasteiger partial charge in [0, 0.05) is 24.8 Å². The SMILES string of the molecule is CCCCCCCN(CCCCCCC)c1ccc(N=Nc2sc([N+](=O)[O-])cc2[N+](=O)[O-])c(O)c1. The molecule has 0 unspecified atom stereocenters. The van der Waals surface area contributed by atoms with Gasteiger partial charge in [0.1, 0.15) is 17.5 Å². The van der Waals surface area contributed by atoms with Gasteiger partial charge < -0.3 is 10.0 Å². The Bertz CT molecular complexity index is 981. The molecule has 0 saturated carbocycles. The van der Waals surface area contributed by atoms with Crippen molar-refractivity contribution < 1.29 is 15.0 Å². The van der Waals surface area contributed by atoms with Crippen LogP contribution in [0.2, 0.25) is 0 Å². The first-order valence-corrected chi connectivity index (χ1v) is 13.1. The molecule has 0 amide bonds. The van der Waals surface area contributed by atoms with Gasteiger partial charge in [0.05, 0.1) is 9.85 Å². The molecule has 1 N–H and O–H groups in total. The van der Waals surface area contributed by atoms with Crippen LogP contribution >= 0.6 is 11.3 Å². The zero-order valence-electron chi connectivity index (χ0n) is 20.5. The van der Waals surface area contributed by atoms with Crippen molar-refractivity contribution >= 4 is 38.4 Å². The number of nitrogens with zero attached hydrogens (tertiary/aromatic N) is 5. The predicted octanol–water partition coefficient (Wildman–Crippen LogP) is 8.43. The molecule has 192 valence electrons. The van der Waals surface area contributed by atoms with Crippen LogP contribution in [-0.2, 0) is 0 Å². The molecule has 0 fully saturated rings. The van der Waals surface area contributed by atoms with Gasteiger partial charge in [0.15, 0.2) is 0 Å². The molecule has 1 aromatic carbocycles. The van der Waals surface area contributed by atoms with Crippen LogP contribution in [0.3, 0.4) is 0 Å². The van der Waals surface area contributed by atoms with Gasteiger partial charge in [-0.2, -0.15) is 0 Å². The molecule has 0 spiro atoms. The van der Waals surface area contributed by atoms with Crippen molar-refractivity contribution in [3.8, 4) is 5.75 Å². The van der Waals surface area contributed by atoms with Gasteiger partial charge in [0.2, 0.25) is 5.00 Å². The van der Waals surface area contributed by atoms with Gasteiger partial charge in [-0.25, -0.2) is 0 Å². The van der Waals surface area contributed by atoms with E-state index in [0.29, 0.717) is 11.3 Å². The number of azo groups is 1. The Hall–Kier alpha value is -3.08. The zero-order chi connectivity index (χ0) is 25.6. The first-order chi connectivity index (χ1) is 16.9. The third kappa shape index (κ3) is 9.23. The number of benzene rings is 1. The second kappa shape index (κ2) is 15.0. The molecule has 10 nitrogen and oxygen atoms in total. The summed E-state index contributed by atoms with van der Waals surface area (Å²) >= 11 is 0.567. The minimum absolute atomic E-state index is 0.0954. The lowest BCUT2D eigenvalue weighted by Crippen LogP contribution is -2.25. The van der Waals surface area contributed by atoms with Crippen LogP contribution in [0.5, 0.6) is 5.75 Å². The number of anilines is 1. The lowest BCUT2D eigenvalue weighted by atomic mass is 10.1. The molecule has 0 aliphatic heterocycles. The Morgan fingerprint density at radius 3 is 1.97 bits per heavy atom. The molecular formula is C24H35N5O5S. The van der Waals surface area contributed by atoms with Crippen molar-refractivity contribution in [2.24, 2.45) is 10.2 Å². The molecule has 0 aliphatic rings. The Labute approximate surface area is 210 Å². The fourth-order valence-corrected chi connectivity index (χ4v) is 4.49. The molecule has 35 heavy (non-hydrogen) atoms. The molecule has 0 bridgehead atoms. The van der Waals surface area contributed by atoms with Gasteiger partial charge in [-0.3, -0.25) is 20.2 Å². The average Bonchev–Trinajstić information content (AvgIpc) is 3.27. The number of thiophene rings is 1. The summed E-state index contributed by atoms with van der Waals surface area (Å²) in [5.74, 6) is -0.0954. The number of unbranched alkanes of at least 4 members (excludes halogenated alkanes) is 8. The van der Waals surface area contributed by atoms with Crippen molar-refractivity contribution in [2.45, 2.75) is 78.1 Å². The number of rotatable bonds is 17. The van der Waals surface area contributed by atoms with Gasteiger partial charge >= 0.3 is 10.7 Å². The second-order valence-electron chi connectivity index (χ2n) is 8.48. The largest absolute Gasteiger partial charge is 0.506 e. The fraction of sp³-hybridized carbons (Fsp3) is 0.583. The normalized spacial score (nSPS) is 11.3. The number of nitro groups is 2. The van der Waals surface area contributed by atoms with E-state index in [4.69, 9.17) is 0 Å². The molecule has 0 saturated heterocycles. The fourth-order valence-electron chi connectivity index (χ4n) is 3.73. The number of hydrogen-bond acceptors (Lipinski definition) is 9. The lowest BCUT2D eigenvalue weighted by Gasteiger charge is -2.25. The molecule has 1 aromatic heterocycles. The Balaban J connectivity index is 2.14. The second-order valence-corrected chi connectivity index (χ2v) is 9.49. The molecular weight excluding hydrogens is 470 g/mol. The summed E-state index contributed by atoms with van der Waals surface area (Å²) in [6, 6.07) is 5.97. The summed E-state index contributed by atoms with van der Waals surface area (Å²) in [7, 11) is 0. The molecule has 0 aliphatic carbocycles. The van der Waals surface area contributed by atoms with E-state index in [1.807, 2.05) is 6.07 Å². The van der Waals surface area contributed by atoms with Crippen molar-refractivity contribution in [3.63, 3.8) is 0 Å². The van der Waals surface area contributed by atoms with Crippen molar-refractivity contribution in [1.29, 1.82) is 0 Å². The summed E-state index contributed by atoms with van der Waals surface area (Å²) < 4.78 is 0. The maximum Gasteiger partial charge on any atom is 0.333 e. The van der Waals surface area contributed by atoms with Gasteiger partial charge in [-0.05, 0) is 36.3 Å². The summed E-state index contributed by atoms with van der Waals surface area (Å²) in [5.41, 5.74) is 0.550. The summed E-state index contributed by atoms with van der Waals surface area (Å²) in [6.07, 6.45) is 11.8. The maximum atomic E-state index is 11.2. The Morgan fingerprint density at radius 1 is 0.857 bits per heavy atom. The van der Waals surface area contributed by atoms with Crippen LogP contribution in [0.4, 0.5) is 27.1 Å². The van der Waals surface area contributed by atoms with Crippen LogP contribution in [0.25, 0.3) is 0 Å². The molecule has 0 radical (unpaired) electrons. The van der Waals surface area contributed by atoms with Crippen molar-refractivity contribution in [3.05, 3.63) is 44.5 Å². The summed E-state index contributed by atoms with van der Waals surface area (Å²) in [5, 5.41) is 39.8. The quantitative estimate of drug-likeness (QED) is 0.0991. The van der Waals surface area contributed by atoms with Crippen LogP contribution in [-0.4, -0.2) is 28.0 Å². The molecule has 0 atom stereocenters. The highest BCUT2D eigenvalue weighted by molar-refractivity contribution is 7.19. The van der Waals surface area contributed by atoms with Crippen molar-refractivity contribution in [2.75, 3.05) is 18.0 Å². The summed E-state index contributed by atoms with van der Waals surface area (Å²) in [4.78, 5) is 23.0. The smallest absolute Gasteiger partial charge is 0.333 e. The van der Waals surface area contributed by atoms with E-state index in [1.54, 1.807) is 12.1 Å². The predicted molar refractivity (Wildman–Crippen MR) is 140 cm³/mol. The first-order valence-electron chi connectivity index (χ1n) is 12.3. The summed E-state index contributed by atoms with van der Waals surface area (Å²) in [6.45, 7) is 6.20. The van der Waals surface area contributed by atoms with E-state index in [9.17, 15) is 25.3 Å². The number of aromatic hydroxyl groups is 1. The van der Waals surface area contributed by atoms with Gasteiger partial charge in [0.25, 0.3) is 0 Å². The highest BCUT2D eigenvalue weighted by Gasteiger charge is 2.25. The Morgan fingerprint density at radius 2 is 1.46 bits per heavy atom. The molecule has 2 rings (SSSR count). The minimum Gasteiger partial charge on any atom is -0.506 e. The molecule has 1 heterocycles. The van der Waals surface area contributed by atoms with Crippen LogP contribution in [0.1, 0.15) is 78.1 Å². The van der Waals surface area contributed by atoms with E-state index in [0.717, 1.165) is 37.7 Å². The average molecular weight is 506 g/mol. The van der Waals surface area contributed by atoms with Crippen LogP contribution in [0.15, 0.2) is 34.5 Å². The zero-order valence-corrected chi connectivity index (χ0v) is 21.3.